The summed E-state index contributed by atoms with van der Waals surface area (Å²) in [6.45, 7) is 5.12. The van der Waals surface area contributed by atoms with Gasteiger partial charge in [0.15, 0.2) is 0 Å². The number of rotatable bonds is 7. The maximum Gasteiger partial charge on any atom is 0.667 e. The van der Waals surface area contributed by atoms with Crippen LogP contribution < -0.4 is 0 Å². The van der Waals surface area contributed by atoms with Crippen molar-refractivity contribution in [1.82, 2.24) is 0 Å². The Kier molecular flexibility index (Phi) is 5.79. The quantitative estimate of drug-likeness (QED) is 0.516. The zero-order valence-electron chi connectivity index (χ0n) is 8.52. The summed E-state index contributed by atoms with van der Waals surface area (Å²) in [6, 6.07) is 0. The minimum absolute atomic E-state index is 0.103. The molecule has 0 fully saturated rings. The lowest BCUT2D eigenvalue weighted by Gasteiger charge is -2.24. The van der Waals surface area contributed by atoms with Gasteiger partial charge in [-0.05, 0) is 20.8 Å². The summed E-state index contributed by atoms with van der Waals surface area (Å²) in [6.07, 6.45) is 0. The Balaban J connectivity index is 4.93. The highest BCUT2D eigenvalue weighted by Crippen LogP contribution is 2.16. The van der Waals surface area contributed by atoms with Crippen molar-refractivity contribution in [3.8, 4) is 0 Å². The summed E-state index contributed by atoms with van der Waals surface area (Å²) in [5.41, 5.74) is 0. The molecule has 0 aliphatic heterocycles. The predicted molar refractivity (Wildman–Crippen MR) is 52.2 cm³/mol. The van der Waals surface area contributed by atoms with Crippen LogP contribution in [0.3, 0.4) is 0 Å². The normalized spacial score (nSPS) is 13.1. The molecule has 0 aromatic carbocycles. The van der Waals surface area contributed by atoms with E-state index in [1.165, 1.54) is 0 Å². The first-order chi connectivity index (χ1) is 6.43. The van der Waals surface area contributed by atoms with E-state index in [1.807, 2.05) is 0 Å². The van der Waals surface area contributed by atoms with Gasteiger partial charge < -0.3 is 13.3 Å². The Morgan fingerprint density at radius 3 is 1.43 bits per heavy atom. The largest absolute Gasteiger partial charge is 0.667 e. The van der Waals surface area contributed by atoms with Crippen LogP contribution in [0.2, 0.25) is 0 Å². The van der Waals surface area contributed by atoms with Gasteiger partial charge in [-0.25, -0.2) is 0 Å². The molecule has 0 saturated carbocycles. The Labute approximate surface area is 84.9 Å². The third kappa shape index (κ3) is 3.30. The second kappa shape index (κ2) is 5.78. The molecule has 86 valence electrons. The Bertz CT molecular complexity index is 234. The maximum atomic E-state index is 11.1. The molecular formula is C6H16O6SSi. The highest BCUT2D eigenvalue weighted by molar-refractivity contribution is 8.15. The fourth-order valence-electron chi connectivity index (χ4n) is 0.879. The monoisotopic (exact) mass is 244 g/mol. The zero-order chi connectivity index (χ0) is 11.2. The van der Waals surface area contributed by atoms with E-state index in [4.69, 9.17) is 17.8 Å². The molecule has 0 amide bonds. The van der Waals surface area contributed by atoms with Gasteiger partial charge in [-0.1, -0.05) is 0 Å². The van der Waals surface area contributed by atoms with E-state index in [2.05, 4.69) is 0 Å². The van der Waals surface area contributed by atoms with Gasteiger partial charge in [-0.3, -0.25) is 4.55 Å². The van der Waals surface area contributed by atoms with Gasteiger partial charge in [-0.2, -0.15) is 8.42 Å². The Morgan fingerprint density at radius 1 is 1.00 bits per heavy atom. The summed E-state index contributed by atoms with van der Waals surface area (Å²) in [5.74, 6) is 0. The average Bonchev–Trinajstić information content (AvgIpc) is 2.03. The molecular weight excluding hydrogens is 228 g/mol. The first kappa shape index (κ1) is 14.0. The van der Waals surface area contributed by atoms with Crippen LogP contribution in [0.4, 0.5) is 0 Å². The van der Waals surface area contributed by atoms with E-state index >= 15 is 0 Å². The zero-order valence-corrected chi connectivity index (χ0v) is 10.3. The lowest BCUT2D eigenvalue weighted by Crippen LogP contribution is -2.53. The second-order valence-electron chi connectivity index (χ2n) is 2.27. The number of hydrogen-bond acceptors (Lipinski definition) is 5. The van der Waals surface area contributed by atoms with Crippen LogP contribution in [0.1, 0.15) is 20.8 Å². The van der Waals surface area contributed by atoms with Crippen molar-refractivity contribution in [1.29, 1.82) is 0 Å². The molecule has 0 saturated heterocycles. The van der Waals surface area contributed by atoms with E-state index in [9.17, 15) is 8.42 Å². The molecule has 0 spiro atoms. The van der Waals surface area contributed by atoms with Crippen molar-refractivity contribution in [3.63, 3.8) is 0 Å². The Hall–Kier alpha value is 0.00688. The minimum Gasteiger partial charge on any atom is -0.361 e. The van der Waals surface area contributed by atoms with Crippen molar-refractivity contribution < 1.29 is 26.2 Å². The van der Waals surface area contributed by atoms with E-state index in [1.54, 1.807) is 20.8 Å². The van der Waals surface area contributed by atoms with Crippen molar-refractivity contribution >= 4 is 17.5 Å². The van der Waals surface area contributed by atoms with Gasteiger partial charge in [-0.15, -0.1) is 0 Å². The van der Waals surface area contributed by atoms with Crippen LogP contribution >= 0.6 is 0 Å². The van der Waals surface area contributed by atoms with Crippen LogP contribution in [0.15, 0.2) is 0 Å². The fraction of sp³-hybridized carbons (Fsp3) is 1.00. The highest BCUT2D eigenvalue weighted by atomic mass is 32.4. The third-order valence-electron chi connectivity index (χ3n) is 1.28. The van der Waals surface area contributed by atoms with Crippen molar-refractivity contribution in [2.24, 2.45) is 0 Å². The minimum atomic E-state index is -4.44. The van der Waals surface area contributed by atoms with Gasteiger partial charge >= 0.3 is 17.5 Å². The van der Waals surface area contributed by atoms with Gasteiger partial charge in [0.2, 0.25) is 0 Å². The summed E-state index contributed by atoms with van der Waals surface area (Å²) >= 11 is 0. The van der Waals surface area contributed by atoms with Crippen LogP contribution in [0.25, 0.3) is 0 Å². The van der Waals surface area contributed by atoms with E-state index < -0.39 is 17.5 Å². The maximum absolute atomic E-state index is 11.1. The lowest BCUT2D eigenvalue weighted by molar-refractivity contribution is 0.0902. The molecule has 0 radical (unpaired) electrons. The molecule has 0 aliphatic carbocycles. The van der Waals surface area contributed by atoms with Crippen molar-refractivity contribution in [2.75, 3.05) is 19.8 Å². The van der Waals surface area contributed by atoms with Gasteiger partial charge in [0.05, 0.1) is 0 Å². The molecule has 0 atom stereocenters. The molecule has 14 heavy (non-hydrogen) atoms. The fourth-order valence-corrected chi connectivity index (χ4v) is 5.04. The SMILES string of the molecule is CCO[Si](OCC)(OCC)S(=O)(=O)O. The predicted octanol–water partition coefficient (Wildman–Crippen LogP) is 0.419. The molecule has 0 aromatic rings. The van der Waals surface area contributed by atoms with Crippen LogP contribution in [0.5, 0.6) is 0 Å². The molecule has 0 unspecified atom stereocenters. The summed E-state index contributed by atoms with van der Waals surface area (Å²) in [5, 5.41) is 0. The first-order valence-corrected chi connectivity index (χ1v) is 8.21. The standard InChI is InChI=1S/C6H16O6SSi/c1-4-10-14(11-5-2,12-6-3)13(7,8)9/h4-6H2,1-3H3,(H,7,8,9). The van der Waals surface area contributed by atoms with E-state index in [0.717, 1.165) is 0 Å². The molecule has 0 rings (SSSR count). The summed E-state index contributed by atoms with van der Waals surface area (Å²) < 4.78 is 45.9. The average molecular weight is 244 g/mol. The molecule has 0 heterocycles. The third-order valence-corrected chi connectivity index (χ3v) is 6.79. The molecule has 6 nitrogen and oxygen atoms in total. The summed E-state index contributed by atoms with van der Waals surface area (Å²) in [4.78, 5) is 0. The number of hydrogen-bond donors (Lipinski definition) is 1. The van der Waals surface area contributed by atoms with Crippen LogP contribution in [-0.4, -0.2) is 40.7 Å². The van der Waals surface area contributed by atoms with E-state index in [-0.39, 0.29) is 19.8 Å². The highest BCUT2D eigenvalue weighted by Gasteiger charge is 2.56. The lowest BCUT2D eigenvalue weighted by atomic mass is 10.9. The smallest absolute Gasteiger partial charge is 0.361 e. The van der Waals surface area contributed by atoms with E-state index in [0.29, 0.717) is 0 Å². The molecule has 8 heteroatoms. The van der Waals surface area contributed by atoms with Crippen molar-refractivity contribution in [2.45, 2.75) is 20.8 Å². The first-order valence-electron chi connectivity index (χ1n) is 4.32. The van der Waals surface area contributed by atoms with Crippen LogP contribution in [0, 0.1) is 0 Å². The molecule has 1 N–H and O–H groups in total. The van der Waals surface area contributed by atoms with Gasteiger partial charge in [0, 0.05) is 19.8 Å². The van der Waals surface area contributed by atoms with Crippen LogP contribution in [-0.2, 0) is 22.8 Å². The molecule has 0 aromatic heterocycles. The van der Waals surface area contributed by atoms with Gasteiger partial charge in [0.25, 0.3) is 0 Å². The summed E-state index contributed by atoms with van der Waals surface area (Å²) in [7, 11) is -8.41. The van der Waals surface area contributed by atoms with Gasteiger partial charge in [0.1, 0.15) is 0 Å². The second-order valence-corrected chi connectivity index (χ2v) is 8.14. The topological polar surface area (TPSA) is 82.1 Å². The molecule has 0 bridgehead atoms. The van der Waals surface area contributed by atoms with Crippen molar-refractivity contribution in [3.05, 3.63) is 0 Å². The Morgan fingerprint density at radius 2 is 1.29 bits per heavy atom. The molecule has 0 aliphatic rings.